The van der Waals surface area contributed by atoms with Crippen molar-refractivity contribution in [2.75, 3.05) is 0 Å². The van der Waals surface area contributed by atoms with Crippen molar-refractivity contribution in [1.29, 1.82) is 0 Å². The summed E-state index contributed by atoms with van der Waals surface area (Å²) in [5, 5.41) is 0. The summed E-state index contributed by atoms with van der Waals surface area (Å²) in [6.07, 6.45) is 2.98. The Morgan fingerprint density at radius 3 is 2.31 bits per heavy atom. The topological polar surface area (TPSA) is 47.0 Å². The van der Waals surface area contributed by atoms with Gasteiger partial charge in [-0.25, -0.2) is 8.42 Å². The Balaban J connectivity index is 2.56. The van der Waals surface area contributed by atoms with Crippen LogP contribution in [0.25, 0.3) is 0 Å². The molecule has 0 saturated heterocycles. The van der Waals surface area contributed by atoms with Gasteiger partial charge in [-0.3, -0.25) is 4.98 Å². The van der Waals surface area contributed by atoms with E-state index in [1.807, 2.05) is 22.6 Å². The van der Waals surface area contributed by atoms with E-state index in [2.05, 4.69) is 4.98 Å². The molecular weight excluding hydrogens is 337 g/mol. The van der Waals surface area contributed by atoms with Crippen LogP contribution in [0.15, 0.2) is 58.6 Å². The van der Waals surface area contributed by atoms with E-state index in [9.17, 15) is 8.42 Å². The van der Waals surface area contributed by atoms with Crippen molar-refractivity contribution in [2.45, 2.75) is 9.79 Å². The second-order valence-corrected chi connectivity index (χ2v) is 6.35. The lowest BCUT2D eigenvalue weighted by molar-refractivity contribution is 0.595. The molecule has 5 heteroatoms. The molecule has 2 aromatic rings. The number of rotatable bonds is 2. The summed E-state index contributed by atoms with van der Waals surface area (Å²) in [5.74, 6) is 0. The number of hydrogen-bond acceptors (Lipinski definition) is 3. The van der Waals surface area contributed by atoms with Crippen molar-refractivity contribution in [3.8, 4) is 0 Å². The molecule has 0 aliphatic rings. The van der Waals surface area contributed by atoms with Gasteiger partial charge in [-0.15, -0.1) is 0 Å². The Hall–Kier alpha value is -0.950. The van der Waals surface area contributed by atoms with Crippen LogP contribution in [0, 0.1) is 3.57 Å². The third kappa shape index (κ3) is 2.25. The predicted octanol–water partition coefficient (Wildman–Crippen LogP) is 2.52. The lowest BCUT2D eigenvalue weighted by Crippen LogP contribution is -2.02. The molecule has 82 valence electrons. The van der Waals surface area contributed by atoms with E-state index < -0.39 is 9.84 Å². The van der Waals surface area contributed by atoms with Gasteiger partial charge in [-0.1, -0.05) is 18.2 Å². The van der Waals surface area contributed by atoms with E-state index in [1.165, 1.54) is 6.20 Å². The normalized spacial score (nSPS) is 11.3. The van der Waals surface area contributed by atoms with Gasteiger partial charge in [-0.2, -0.15) is 0 Å². The molecule has 0 spiro atoms. The predicted molar refractivity (Wildman–Crippen MR) is 68.8 cm³/mol. The van der Waals surface area contributed by atoms with E-state index in [1.54, 1.807) is 42.6 Å². The molecule has 0 saturated carbocycles. The van der Waals surface area contributed by atoms with Crippen LogP contribution in [-0.4, -0.2) is 13.4 Å². The number of halogens is 1. The quantitative estimate of drug-likeness (QED) is 0.786. The van der Waals surface area contributed by atoms with Crippen molar-refractivity contribution >= 4 is 32.4 Å². The Bertz CT molecular complexity index is 596. The number of aromatic nitrogens is 1. The zero-order valence-electron chi connectivity index (χ0n) is 8.17. The highest BCUT2D eigenvalue weighted by molar-refractivity contribution is 14.1. The van der Waals surface area contributed by atoms with Crippen molar-refractivity contribution in [3.63, 3.8) is 0 Å². The minimum Gasteiger partial charge on any atom is -0.262 e. The monoisotopic (exact) mass is 345 g/mol. The molecule has 3 nitrogen and oxygen atoms in total. The Morgan fingerprint density at radius 1 is 1.00 bits per heavy atom. The smallest absolute Gasteiger partial charge is 0.208 e. The van der Waals surface area contributed by atoms with Gasteiger partial charge in [0, 0.05) is 16.0 Å². The van der Waals surface area contributed by atoms with Crippen molar-refractivity contribution in [2.24, 2.45) is 0 Å². The Labute approximate surface area is 108 Å². The fourth-order valence-electron chi connectivity index (χ4n) is 1.28. The second kappa shape index (κ2) is 4.50. The Morgan fingerprint density at radius 2 is 1.69 bits per heavy atom. The van der Waals surface area contributed by atoms with E-state index in [-0.39, 0.29) is 4.90 Å². The van der Waals surface area contributed by atoms with Gasteiger partial charge in [0.1, 0.15) is 0 Å². The first-order valence-corrected chi connectivity index (χ1v) is 7.07. The first kappa shape index (κ1) is 11.5. The SMILES string of the molecule is O=S(=O)(c1ccccc1)c1cncc(I)c1. The molecule has 1 heterocycles. The van der Waals surface area contributed by atoms with Crippen molar-refractivity contribution in [3.05, 3.63) is 52.4 Å². The highest BCUT2D eigenvalue weighted by Gasteiger charge is 2.17. The van der Waals surface area contributed by atoms with Gasteiger partial charge >= 0.3 is 0 Å². The minimum absolute atomic E-state index is 0.227. The molecule has 0 bridgehead atoms. The molecule has 1 aromatic heterocycles. The number of pyridine rings is 1. The van der Waals surface area contributed by atoms with Gasteiger partial charge in [0.2, 0.25) is 9.84 Å². The van der Waals surface area contributed by atoms with Crippen LogP contribution in [-0.2, 0) is 9.84 Å². The summed E-state index contributed by atoms with van der Waals surface area (Å²) in [5.41, 5.74) is 0. The standard InChI is InChI=1S/C11H8INO2S/c12-9-6-11(8-13-7-9)16(14,15)10-4-2-1-3-5-10/h1-8H. The second-order valence-electron chi connectivity index (χ2n) is 3.16. The zero-order chi connectivity index (χ0) is 11.6. The maximum Gasteiger partial charge on any atom is 0.208 e. The molecule has 0 radical (unpaired) electrons. The molecule has 0 unspecified atom stereocenters. The fraction of sp³-hybridized carbons (Fsp3) is 0. The van der Waals surface area contributed by atoms with Crippen LogP contribution in [0.5, 0.6) is 0 Å². The van der Waals surface area contributed by atoms with E-state index in [0.29, 0.717) is 4.90 Å². The average molecular weight is 345 g/mol. The summed E-state index contributed by atoms with van der Waals surface area (Å²) in [4.78, 5) is 4.41. The number of sulfone groups is 1. The highest BCUT2D eigenvalue weighted by atomic mass is 127. The molecular formula is C11H8INO2S. The van der Waals surface area contributed by atoms with Gasteiger partial charge in [0.25, 0.3) is 0 Å². The molecule has 2 rings (SSSR count). The van der Waals surface area contributed by atoms with Crippen LogP contribution in [0.2, 0.25) is 0 Å². The maximum absolute atomic E-state index is 12.1. The van der Waals surface area contributed by atoms with E-state index >= 15 is 0 Å². The molecule has 0 fully saturated rings. The van der Waals surface area contributed by atoms with Crippen LogP contribution in [0.1, 0.15) is 0 Å². The minimum atomic E-state index is -3.43. The van der Waals surface area contributed by atoms with Gasteiger partial charge in [0.15, 0.2) is 0 Å². The van der Waals surface area contributed by atoms with Crippen molar-refractivity contribution in [1.82, 2.24) is 4.98 Å². The molecule has 1 aromatic carbocycles. The summed E-state index contributed by atoms with van der Waals surface area (Å²) in [6.45, 7) is 0. The largest absolute Gasteiger partial charge is 0.262 e. The van der Waals surface area contributed by atoms with Gasteiger partial charge < -0.3 is 0 Å². The zero-order valence-corrected chi connectivity index (χ0v) is 11.1. The van der Waals surface area contributed by atoms with Crippen LogP contribution >= 0.6 is 22.6 Å². The number of hydrogen-bond donors (Lipinski definition) is 0. The summed E-state index contributed by atoms with van der Waals surface area (Å²) in [6, 6.07) is 9.95. The fourth-order valence-corrected chi connectivity index (χ4v) is 3.25. The third-order valence-electron chi connectivity index (χ3n) is 2.04. The molecule has 0 aliphatic heterocycles. The Kier molecular flexibility index (Phi) is 3.25. The summed E-state index contributed by atoms with van der Waals surface area (Å²) < 4.78 is 25.1. The first-order valence-electron chi connectivity index (χ1n) is 4.51. The van der Waals surface area contributed by atoms with Gasteiger partial charge in [0.05, 0.1) is 9.79 Å². The molecule has 0 N–H and O–H groups in total. The lowest BCUT2D eigenvalue weighted by Gasteiger charge is -2.03. The van der Waals surface area contributed by atoms with Crippen molar-refractivity contribution < 1.29 is 8.42 Å². The number of benzene rings is 1. The maximum atomic E-state index is 12.1. The first-order chi connectivity index (χ1) is 7.60. The molecule has 0 amide bonds. The van der Waals surface area contributed by atoms with E-state index in [0.717, 1.165) is 3.57 Å². The van der Waals surface area contributed by atoms with Gasteiger partial charge in [-0.05, 0) is 40.8 Å². The average Bonchev–Trinajstić information content (AvgIpc) is 2.30. The van der Waals surface area contributed by atoms with Crippen LogP contribution < -0.4 is 0 Å². The molecule has 0 aliphatic carbocycles. The van der Waals surface area contributed by atoms with E-state index in [4.69, 9.17) is 0 Å². The third-order valence-corrected chi connectivity index (χ3v) is 4.37. The number of nitrogens with zero attached hydrogens (tertiary/aromatic N) is 1. The molecule has 16 heavy (non-hydrogen) atoms. The van der Waals surface area contributed by atoms with Crippen LogP contribution in [0.3, 0.4) is 0 Å². The molecule has 0 atom stereocenters. The summed E-state index contributed by atoms with van der Waals surface area (Å²) >= 11 is 2.04. The summed E-state index contributed by atoms with van der Waals surface area (Å²) in [7, 11) is -3.43. The highest BCUT2D eigenvalue weighted by Crippen LogP contribution is 2.20. The lowest BCUT2D eigenvalue weighted by atomic mass is 10.4. The van der Waals surface area contributed by atoms with Crippen LogP contribution in [0.4, 0.5) is 0 Å².